The molecule has 0 radical (unpaired) electrons. The fraction of sp³-hybridized carbons (Fsp3) is 0.231. The molecule has 114 valence electrons. The molecule has 1 atom stereocenters. The lowest BCUT2D eigenvalue weighted by Gasteiger charge is -2.34. The minimum absolute atomic E-state index is 0.562. The summed E-state index contributed by atoms with van der Waals surface area (Å²) < 4.78 is 63.1. The van der Waals surface area contributed by atoms with Gasteiger partial charge in [0, 0.05) is 0 Å². The van der Waals surface area contributed by atoms with Gasteiger partial charge in [-0.15, -0.1) is 0 Å². The summed E-state index contributed by atoms with van der Waals surface area (Å²) in [6.45, 7) is 0. The van der Waals surface area contributed by atoms with E-state index in [1.165, 1.54) is 16.9 Å². The van der Waals surface area contributed by atoms with Gasteiger partial charge in [0.25, 0.3) is 10.2 Å². The highest BCUT2D eigenvalue weighted by Gasteiger charge is 2.54. The van der Waals surface area contributed by atoms with Crippen molar-refractivity contribution in [2.45, 2.75) is 18.1 Å². The predicted octanol–water partition coefficient (Wildman–Crippen LogP) is 2.12. The van der Waals surface area contributed by atoms with E-state index in [0.717, 1.165) is 11.6 Å². The molecular weight excluding hydrogens is 305 g/mol. The van der Waals surface area contributed by atoms with Gasteiger partial charge in [-0.25, -0.2) is 5.14 Å². The van der Waals surface area contributed by atoms with Crippen molar-refractivity contribution in [2.75, 3.05) is 0 Å². The van der Waals surface area contributed by atoms with Crippen molar-refractivity contribution < 1.29 is 21.6 Å². The fourth-order valence-electron chi connectivity index (χ4n) is 2.08. The van der Waals surface area contributed by atoms with Crippen LogP contribution in [0.3, 0.4) is 0 Å². The molecule has 0 aromatic heterocycles. The van der Waals surface area contributed by atoms with Gasteiger partial charge in [0.15, 0.2) is 5.54 Å². The Labute approximate surface area is 120 Å². The molecule has 1 aliphatic rings. The molecule has 0 amide bonds. The summed E-state index contributed by atoms with van der Waals surface area (Å²) in [6.07, 6.45) is -1.99. The maximum absolute atomic E-state index is 13.2. The van der Waals surface area contributed by atoms with Gasteiger partial charge in [-0.1, -0.05) is 48.6 Å². The highest BCUT2D eigenvalue weighted by Crippen LogP contribution is 2.39. The van der Waals surface area contributed by atoms with E-state index in [2.05, 4.69) is 0 Å². The van der Waals surface area contributed by atoms with E-state index in [1.54, 1.807) is 30.3 Å². The molecule has 3 N–H and O–H groups in total. The topological polar surface area (TPSA) is 72.2 Å². The van der Waals surface area contributed by atoms with Crippen LogP contribution in [0.1, 0.15) is 12.0 Å². The zero-order valence-electron chi connectivity index (χ0n) is 10.8. The first kappa shape index (κ1) is 15.7. The summed E-state index contributed by atoms with van der Waals surface area (Å²) in [4.78, 5) is 0. The second kappa shape index (κ2) is 5.28. The highest BCUT2D eigenvalue weighted by atomic mass is 32.2. The van der Waals surface area contributed by atoms with Gasteiger partial charge in [-0.2, -0.15) is 26.3 Å². The second-order valence-electron chi connectivity index (χ2n) is 4.68. The molecule has 1 aromatic carbocycles. The van der Waals surface area contributed by atoms with Gasteiger partial charge in [-0.05, 0) is 17.6 Å². The van der Waals surface area contributed by atoms with Crippen LogP contribution >= 0.6 is 0 Å². The van der Waals surface area contributed by atoms with Crippen LogP contribution in [0.15, 0.2) is 48.6 Å². The summed E-state index contributed by atoms with van der Waals surface area (Å²) in [5.74, 6) is 0. The van der Waals surface area contributed by atoms with E-state index in [-0.39, 0.29) is 0 Å². The Morgan fingerprint density at radius 3 is 2.24 bits per heavy atom. The number of rotatable bonds is 3. The Morgan fingerprint density at radius 1 is 1.19 bits per heavy atom. The second-order valence-corrected chi connectivity index (χ2v) is 5.97. The van der Waals surface area contributed by atoms with Crippen molar-refractivity contribution >= 4 is 15.8 Å². The number of alkyl halides is 3. The summed E-state index contributed by atoms with van der Waals surface area (Å²) in [7, 11) is -4.50. The van der Waals surface area contributed by atoms with Crippen LogP contribution < -0.4 is 9.86 Å². The van der Waals surface area contributed by atoms with Crippen molar-refractivity contribution in [2.24, 2.45) is 5.14 Å². The van der Waals surface area contributed by atoms with Crippen molar-refractivity contribution in [3.05, 3.63) is 54.1 Å². The van der Waals surface area contributed by atoms with E-state index in [0.29, 0.717) is 5.57 Å². The molecular formula is C13H13F3N2O2S. The number of nitrogens with one attached hydrogen (secondary N) is 1. The number of benzene rings is 1. The molecule has 1 aliphatic carbocycles. The Balaban J connectivity index is 2.34. The SMILES string of the molecule is NS(=O)(=O)NC1(C(F)(F)F)C=CC(c2ccccc2)=CC1. The normalized spacial score (nSPS) is 23.0. The van der Waals surface area contributed by atoms with Crippen LogP contribution in [0.25, 0.3) is 5.57 Å². The summed E-state index contributed by atoms with van der Waals surface area (Å²) in [5.41, 5.74) is -1.37. The molecule has 4 nitrogen and oxygen atoms in total. The van der Waals surface area contributed by atoms with Crippen molar-refractivity contribution in [3.63, 3.8) is 0 Å². The molecule has 0 aliphatic heterocycles. The summed E-state index contributed by atoms with van der Waals surface area (Å²) in [6, 6.07) is 8.82. The van der Waals surface area contributed by atoms with Crippen molar-refractivity contribution in [3.8, 4) is 0 Å². The van der Waals surface area contributed by atoms with Gasteiger partial charge in [0.1, 0.15) is 0 Å². The van der Waals surface area contributed by atoms with Crippen molar-refractivity contribution in [1.82, 2.24) is 4.72 Å². The predicted molar refractivity (Wildman–Crippen MR) is 73.2 cm³/mol. The van der Waals surface area contributed by atoms with Crippen LogP contribution in [-0.4, -0.2) is 20.1 Å². The zero-order chi connectivity index (χ0) is 15.7. The fourth-order valence-corrected chi connectivity index (χ4v) is 2.86. The van der Waals surface area contributed by atoms with E-state index < -0.39 is 28.3 Å². The van der Waals surface area contributed by atoms with Crippen LogP contribution in [0.4, 0.5) is 13.2 Å². The van der Waals surface area contributed by atoms with Crippen LogP contribution in [0.5, 0.6) is 0 Å². The molecule has 21 heavy (non-hydrogen) atoms. The van der Waals surface area contributed by atoms with Crippen LogP contribution in [-0.2, 0) is 10.2 Å². The molecule has 0 saturated heterocycles. The maximum Gasteiger partial charge on any atom is 0.411 e. The maximum atomic E-state index is 13.2. The first-order valence-electron chi connectivity index (χ1n) is 5.96. The third kappa shape index (κ3) is 3.52. The van der Waals surface area contributed by atoms with Gasteiger partial charge < -0.3 is 0 Å². The lowest BCUT2D eigenvalue weighted by molar-refractivity contribution is -0.175. The smallest absolute Gasteiger partial charge is 0.216 e. The quantitative estimate of drug-likeness (QED) is 0.896. The Bertz CT molecular complexity index is 681. The van der Waals surface area contributed by atoms with Gasteiger partial charge in [0.2, 0.25) is 0 Å². The first-order chi connectivity index (χ1) is 9.63. The molecule has 0 bridgehead atoms. The number of halogens is 3. The Morgan fingerprint density at radius 2 is 1.81 bits per heavy atom. The van der Waals surface area contributed by atoms with E-state index in [9.17, 15) is 21.6 Å². The minimum atomic E-state index is -4.80. The molecule has 1 aromatic rings. The van der Waals surface area contributed by atoms with Crippen LogP contribution in [0.2, 0.25) is 0 Å². The summed E-state index contributed by atoms with van der Waals surface area (Å²) in [5, 5.41) is 4.70. The number of hydrogen-bond donors (Lipinski definition) is 2. The minimum Gasteiger partial charge on any atom is -0.216 e. The standard InChI is InChI=1S/C13H13F3N2O2S/c14-13(15,16)12(18-21(17,19)20)8-6-11(7-9-12)10-4-2-1-3-5-10/h1-8,18H,9H2,(H2,17,19,20). The zero-order valence-corrected chi connectivity index (χ0v) is 11.6. The Hall–Kier alpha value is -1.64. The molecule has 1 unspecified atom stereocenters. The average molecular weight is 318 g/mol. The highest BCUT2D eigenvalue weighted by molar-refractivity contribution is 7.87. The summed E-state index contributed by atoms with van der Waals surface area (Å²) >= 11 is 0. The third-order valence-corrected chi connectivity index (χ3v) is 3.78. The molecule has 2 rings (SSSR count). The first-order valence-corrected chi connectivity index (χ1v) is 7.51. The molecule has 0 saturated carbocycles. The lowest BCUT2D eigenvalue weighted by Crippen LogP contribution is -2.59. The molecule has 0 heterocycles. The lowest BCUT2D eigenvalue weighted by atomic mass is 9.87. The largest absolute Gasteiger partial charge is 0.411 e. The average Bonchev–Trinajstić information content (AvgIpc) is 2.37. The third-order valence-electron chi connectivity index (χ3n) is 3.13. The van der Waals surface area contributed by atoms with E-state index in [4.69, 9.17) is 5.14 Å². The molecule has 0 spiro atoms. The molecule has 0 fully saturated rings. The van der Waals surface area contributed by atoms with Crippen molar-refractivity contribution in [1.29, 1.82) is 0 Å². The van der Waals surface area contributed by atoms with Gasteiger partial charge in [-0.3, -0.25) is 0 Å². The monoisotopic (exact) mass is 318 g/mol. The van der Waals surface area contributed by atoms with Crippen LogP contribution in [0, 0.1) is 0 Å². The van der Waals surface area contributed by atoms with Gasteiger partial charge >= 0.3 is 6.18 Å². The van der Waals surface area contributed by atoms with Gasteiger partial charge in [0.05, 0.1) is 0 Å². The number of allylic oxidation sites excluding steroid dienone is 2. The van der Waals surface area contributed by atoms with E-state index in [1.807, 2.05) is 0 Å². The van der Waals surface area contributed by atoms with E-state index >= 15 is 0 Å². The molecule has 8 heteroatoms. The number of nitrogens with two attached hydrogens (primary N) is 1. The Kier molecular flexibility index (Phi) is 3.96. The number of hydrogen-bond acceptors (Lipinski definition) is 2.